The Balaban J connectivity index is 1.81. The van der Waals surface area contributed by atoms with E-state index in [1.54, 1.807) is 0 Å². The number of aryl methyl sites for hydroxylation is 1. The average Bonchev–Trinajstić information content (AvgIpc) is 3.05. The molecule has 1 aromatic rings. The summed E-state index contributed by atoms with van der Waals surface area (Å²) in [5, 5.41) is 4.14. The Morgan fingerprint density at radius 3 is 3.17 bits per heavy atom. The summed E-state index contributed by atoms with van der Waals surface area (Å²) >= 11 is 1.45. The number of nitrogens with one attached hydrogen (secondary N) is 1. The van der Waals surface area contributed by atoms with Crippen LogP contribution in [0.5, 0.6) is 0 Å². The van der Waals surface area contributed by atoms with Crippen molar-refractivity contribution in [1.82, 2.24) is 15.0 Å². The topological polar surface area (TPSA) is 73.1 Å². The summed E-state index contributed by atoms with van der Waals surface area (Å²) in [5.74, 6) is 5.65. The standard InChI is InChI=1S/C12H22N4OS/c1-2-10-12(18-16-15-10)11(14-13)7-3-5-9-6-4-8-17-9/h9,11,14H,2-8,13H2,1H3. The Morgan fingerprint density at radius 2 is 2.50 bits per heavy atom. The van der Waals surface area contributed by atoms with Crippen LogP contribution in [0.1, 0.15) is 55.6 Å². The van der Waals surface area contributed by atoms with Crippen LogP contribution < -0.4 is 11.3 Å². The van der Waals surface area contributed by atoms with Gasteiger partial charge >= 0.3 is 0 Å². The third kappa shape index (κ3) is 3.47. The minimum atomic E-state index is 0.182. The van der Waals surface area contributed by atoms with Crippen molar-refractivity contribution in [2.24, 2.45) is 5.84 Å². The van der Waals surface area contributed by atoms with E-state index in [1.165, 1.54) is 29.3 Å². The molecule has 1 aliphatic rings. The van der Waals surface area contributed by atoms with Gasteiger partial charge in [0.15, 0.2) is 0 Å². The smallest absolute Gasteiger partial charge is 0.0801 e. The fourth-order valence-electron chi connectivity index (χ4n) is 2.44. The first-order valence-corrected chi connectivity index (χ1v) is 7.51. The van der Waals surface area contributed by atoms with Gasteiger partial charge in [-0.3, -0.25) is 11.3 Å². The first kappa shape index (κ1) is 13.9. The molecule has 0 aliphatic carbocycles. The zero-order valence-corrected chi connectivity index (χ0v) is 11.7. The Labute approximate surface area is 112 Å². The molecular formula is C12H22N4OS. The van der Waals surface area contributed by atoms with Crippen LogP contribution in [0.15, 0.2) is 0 Å². The number of nitrogens with zero attached hydrogens (tertiary/aromatic N) is 2. The quantitative estimate of drug-likeness (QED) is 0.585. The van der Waals surface area contributed by atoms with Crippen LogP contribution in [0, 0.1) is 0 Å². The number of hydrogen-bond donors (Lipinski definition) is 2. The summed E-state index contributed by atoms with van der Waals surface area (Å²) in [6.45, 7) is 3.03. The molecule has 1 fully saturated rings. The van der Waals surface area contributed by atoms with Gasteiger partial charge in [-0.2, -0.15) is 0 Å². The highest BCUT2D eigenvalue weighted by Crippen LogP contribution is 2.26. The van der Waals surface area contributed by atoms with E-state index < -0.39 is 0 Å². The molecule has 18 heavy (non-hydrogen) atoms. The summed E-state index contributed by atoms with van der Waals surface area (Å²) in [6.07, 6.45) is 7.08. The van der Waals surface area contributed by atoms with Gasteiger partial charge < -0.3 is 4.74 Å². The van der Waals surface area contributed by atoms with Crippen LogP contribution in [0.3, 0.4) is 0 Å². The van der Waals surface area contributed by atoms with Gasteiger partial charge in [-0.25, -0.2) is 0 Å². The van der Waals surface area contributed by atoms with Crippen LogP contribution in [0.4, 0.5) is 0 Å². The lowest BCUT2D eigenvalue weighted by Crippen LogP contribution is -2.28. The van der Waals surface area contributed by atoms with Crippen molar-refractivity contribution >= 4 is 11.5 Å². The molecule has 0 bridgehead atoms. The third-order valence-electron chi connectivity index (χ3n) is 3.48. The van der Waals surface area contributed by atoms with Crippen molar-refractivity contribution in [3.63, 3.8) is 0 Å². The van der Waals surface area contributed by atoms with Crippen molar-refractivity contribution < 1.29 is 4.74 Å². The van der Waals surface area contributed by atoms with Crippen molar-refractivity contribution in [2.75, 3.05) is 6.61 Å². The SMILES string of the molecule is CCc1nnsc1C(CCCC1CCCO1)NN. The summed E-state index contributed by atoms with van der Waals surface area (Å²) < 4.78 is 9.65. The van der Waals surface area contributed by atoms with E-state index in [0.29, 0.717) is 6.10 Å². The molecule has 2 atom stereocenters. The Bertz CT molecular complexity index is 352. The van der Waals surface area contributed by atoms with Gasteiger partial charge in [-0.05, 0) is 50.1 Å². The number of nitrogens with two attached hydrogens (primary N) is 1. The number of rotatable bonds is 7. The van der Waals surface area contributed by atoms with Gasteiger partial charge in [-0.1, -0.05) is 11.4 Å². The van der Waals surface area contributed by atoms with E-state index in [-0.39, 0.29) is 6.04 Å². The molecule has 0 radical (unpaired) electrons. The lowest BCUT2D eigenvalue weighted by Gasteiger charge is -2.16. The molecule has 2 rings (SSSR count). The van der Waals surface area contributed by atoms with Gasteiger partial charge in [0.05, 0.1) is 22.7 Å². The van der Waals surface area contributed by atoms with Gasteiger partial charge in [-0.15, -0.1) is 5.10 Å². The highest BCUT2D eigenvalue weighted by Gasteiger charge is 2.19. The molecule has 3 N–H and O–H groups in total. The molecule has 0 amide bonds. The summed E-state index contributed by atoms with van der Waals surface area (Å²) in [6, 6.07) is 0.182. The van der Waals surface area contributed by atoms with Gasteiger partial charge in [0.25, 0.3) is 0 Å². The molecule has 5 nitrogen and oxygen atoms in total. The van der Waals surface area contributed by atoms with Crippen molar-refractivity contribution in [2.45, 2.75) is 57.6 Å². The molecule has 2 heterocycles. The van der Waals surface area contributed by atoms with Crippen LogP contribution >= 0.6 is 11.5 Å². The molecule has 0 spiro atoms. The molecule has 102 valence electrons. The molecule has 6 heteroatoms. The minimum Gasteiger partial charge on any atom is -0.378 e. The molecule has 1 saturated heterocycles. The maximum atomic E-state index is 5.65. The van der Waals surface area contributed by atoms with Crippen LogP contribution in [-0.4, -0.2) is 22.3 Å². The fraction of sp³-hybridized carbons (Fsp3) is 0.833. The van der Waals surface area contributed by atoms with Gasteiger partial charge in [0.2, 0.25) is 0 Å². The largest absolute Gasteiger partial charge is 0.378 e. The second kappa shape index (κ2) is 7.13. The van der Waals surface area contributed by atoms with E-state index in [2.05, 4.69) is 21.9 Å². The number of hydrogen-bond acceptors (Lipinski definition) is 6. The van der Waals surface area contributed by atoms with E-state index in [0.717, 1.165) is 38.0 Å². The Hall–Kier alpha value is -0.560. The highest BCUT2D eigenvalue weighted by atomic mass is 32.1. The van der Waals surface area contributed by atoms with E-state index in [9.17, 15) is 0 Å². The van der Waals surface area contributed by atoms with Gasteiger partial charge in [0.1, 0.15) is 0 Å². The molecule has 2 unspecified atom stereocenters. The summed E-state index contributed by atoms with van der Waals surface area (Å²) in [5.41, 5.74) is 3.96. The average molecular weight is 270 g/mol. The maximum absolute atomic E-state index is 5.65. The highest BCUT2D eigenvalue weighted by molar-refractivity contribution is 7.05. The monoisotopic (exact) mass is 270 g/mol. The zero-order chi connectivity index (χ0) is 12.8. The normalized spacial score (nSPS) is 21.3. The van der Waals surface area contributed by atoms with Crippen LogP contribution in [-0.2, 0) is 11.2 Å². The van der Waals surface area contributed by atoms with Crippen molar-refractivity contribution in [1.29, 1.82) is 0 Å². The van der Waals surface area contributed by atoms with Crippen molar-refractivity contribution in [3.8, 4) is 0 Å². The Kier molecular flexibility index (Phi) is 5.49. The van der Waals surface area contributed by atoms with Crippen molar-refractivity contribution in [3.05, 3.63) is 10.6 Å². The zero-order valence-electron chi connectivity index (χ0n) is 10.9. The van der Waals surface area contributed by atoms with E-state index in [1.807, 2.05) is 0 Å². The second-order valence-corrected chi connectivity index (χ2v) is 5.51. The second-order valence-electron chi connectivity index (χ2n) is 4.72. The Morgan fingerprint density at radius 1 is 1.61 bits per heavy atom. The molecule has 1 aromatic heterocycles. The van der Waals surface area contributed by atoms with Crippen LogP contribution in [0.2, 0.25) is 0 Å². The number of hydrazine groups is 1. The molecule has 0 saturated carbocycles. The molecule has 1 aliphatic heterocycles. The molecule has 0 aromatic carbocycles. The van der Waals surface area contributed by atoms with E-state index in [4.69, 9.17) is 10.6 Å². The summed E-state index contributed by atoms with van der Waals surface area (Å²) in [7, 11) is 0. The number of ether oxygens (including phenoxy) is 1. The molecular weight excluding hydrogens is 248 g/mol. The first-order valence-electron chi connectivity index (χ1n) is 6.74. The maximum Gasteiger partial charge on any atom is 0.0801 e. The van der Waals surface area contributed by atoms with Gasteiger partial charge in [0, 0.05) is 6.61 Å². The summed E-state index contributed by atoms with van der Waals surface area (Å²) in [4.78, 5) is 1.19. The van der Waals surface area contributed by atoms with Crippen LogP contribution in [0.25, 0.3) is 0 Å². The number of aromatic nitrogens is 2. The lowest BCUT2D eigenvalue weighted by atomic mass is 10.0. The first-order chi connectivity index (χ1) is 8.85. The fourth-order valence-corrected chi connectivity index (χ4v) is 3.27. The van der Waals surface area contributed by atoms with E-state index >= 15 is 0 Å². The lowest BCUT2D eigenvalue weighted by molar-refractivity contribution is 0.101. The third-order valence-corrected chi connectivity index (χ3v) is 4.36. The predicted molar refractivity (Wildman–Crippen MR) is 72.2 cm³/mol. The minimum absolute atomic E-state index is 0.182. The predicted octanol–water partition coefficient (Wildman–Crippen LogP) is 1.95.